The monoisotopic (exact) mass is 354 g/mol. The number of nitrogens with zero attached hydrogens (tertiary/aromatic N) is 2. The van der Waals surface area contributed by atoms with Crippen molar-refractivity contribution >= 4 is 34.3 Å². The number of hydrogen-bond donors (Lipinski definition) is 4. The summed E-state index contributed by atoms with van der Waals surface area (Å²) in [6.45, 7) is 1.85. The first-order valence-electron chi connectivity index (χ1n) is 7.82. The molecule has 3 aromatic rings. The van der Waals surface area contributed by atoms with E-state index in [2.05, 4.69) is 25.6 Å². The van der Waals surface area contributed by atoms with E-state index in [0.29, 0.717) is 17.0 Å². The molecule has 9 heteroatoms. The minimum Gasteiger partial charge on any atom is -0.345 e. The van der Waals surface area contributed by atoms with E-state index in [1.807, 2.05) is 6.92 Å². The summed E-state index contributed by atoms with van der Waals surface area (Å²) < 4.78 is 0. The van der Waals surface area contributed by atoms with Gasteiger partial charge >= 0.3 is 6.03 Å². The molecule has 0 unspecified atom stereocenters. The third-order valence-electron chi connectivity index (χ3n) is 3.86. The Kier molecular flexibility index (Phi) is 4.44. The highest BCUT2D eigenvalue weighted by Crippen LogP contribution is 2.22. The fraction of sp³-hybridized carbons (Fsp3) is 0.176. The molecule has 0 aliphatic heterocycles. The van der Waals surface area contributed by atoms with Crippen LogP contribution in [0, 0.1) is 6.92 Å². The van der Waals surface area contributed by atoms with Gasteiger partial charge < -0.3 is 25.5 Å². The maximum absolute atomic E-state index is 12.6. The molecule has 0 bridgehead atoms. The van der Waals surface area contributed by atoms with Crippen molar-refractivity contribution in [2.75, 3.05) is 24.7 Å². The van der Waals surface area contributed by atoms with Gasteiger partial charge in [-0.25, -0.2) is 9.78 Å². The van der Waals surface area contributed by atoms with Crippen molar-refractivity contribution in [3.8, 4) is 0 Å². The molecule has 1 aromatic carbocycles. The number of urea groups is 1. The lowest BCUT2D eigenvalue weighted by Gasteiger charge is -2.15. The number of nitrogens with one attached hydrogen (secondary N) is 4. The van der Waals surface area contributed by atoms with Crippen LogP contribution in [0.25, 0.3) is 11.0 Å². The van der Waals surface area contributed by atoms with Gasteiger partial charge in [-0.1, -0.05) is 6.07 Å². The lowest BCUT2D eigenvalue weighted by Crippen LogP contribution is -2.27. The SMILES string of the molecule is Cc1ccc(NC(=O)c2c[nH]c3nc[nH]c(=O)c23)cc1NC(=O)N(C)C. The molecule has 134 valence electrons. The van der Waals surface area contributed by atoms with Crippen LogP contribution < -0.4 is 16.2 Å². The van der Waals surface area contributed by atoms with Crippen molar-refractivity contribution in [2.24, 2.45) is 0 Å². The van der Waals surface area contributed by atoms with Gasteiger partial charge in [0.15, 0.2) is 0 Å². The number of aromatic nitrogens is 3. The molecule has 0 atom stereocenters. The van der Waals surface area contributed by atoms with Gasteiger partial charge in [-0.05, 0) is 24.6 Å². The van der Waals surface area contributed by atoms with Crippen molar-refractivity contribution in [2.45, 2.75) is 6.92 Å². The number of rotatable bonds is 3. The van der Waals surface area contributed by atoms with Crippen LogP contribution in [0.2, 0.25) is 0 Å². The number of anilines is 2. The van der Waals surface area contributed by atoms with Crippen molar-refractivity contribution in [3.63, 3.8) is 0 Å². The van der Waals surface area contributed by atoms with E-state index in [9.17, 15) is 14.4 Å². The zero-order valence-electron chi connectivity index (χ0n) is 14.5. The molecule has 0 spiro atoms. The normalized spacial score (nSPS) is 10.6. The Labute approximate surface area is 148 Å². The van der Waals surface area contributed by atoms with Crippen LogP contribution in [-0.4, -0.2) is 45.9 Å². The van der Waals surface area contributed by atoms with Gasteiger partial charge in [0, 0.05) is 31.7 Å². The summed E-state index contributed by atoms with van der Waals surface area (Å²) in [4.78, 5) is 47.0. The van der Waals surface area contributed by atoms with Gasteiger partial charge in [-0.2, -0.15) is 0 Å². The van der Waals surface area contributed by atoms with Crippen LogP contribution in [0.15, 0.2) is 35.5 Å². The lowest BCUT2D eigenvalue weighted by molar-refractivity contribution is 0.102. The minimum absolute atomic E-state index is 0.189. The number of aromatic amines is 2. The predicted octanol–water partition coefficient (Wildman–Crippen LogP) is 1.91. The minimum atomic E-state index is -0.455. The second-order valence-electron chi connectivity index (χ2n) is 5.97. The van der Waals surface area contributed by atoms with Crippen LogP contribution in [0.1, 0.15) is 15.9 Å². The van der Waals surface area contributed by atoms with Gasteiger partial charge in [-0.3, -0.25) is 9.59 Å². The average molecular weight is 354 g/mol. The first kappa shape index (κ1) is 17.2. The standard InChI is InChI=1S/C17H18N6O3/c1-9-4-5-10(6-12(9)22-17(26)23(2)3)21-15(24)11-7-18-14-13(11)16(25)20-8-19-14/h4-8H,1-3H3,(H,21,24)(H,22,26)(H2,18,19,20,25). The molecule has 0 saturated heterocycles. The second-order valence-corrected chi connectivity index (χ2v) is 5.97. The molecule has 0 fully saturated rings. The summed E-state index contributed by atoms with van der Waals surface area (Å²) >= 11 is 0. The third kappa shape index (κ3) is 3.27. The topological polar surface area (TPSA) is 123 Å². The quantitative estimate of drug-likeness (QED) is 0.573. The van der Waals surface area contributed by atoms with E-state index in [1.54, 1.807) is 32.3 Å². The average Bonchev–Trinajstić information content (AvgIpc) is 3.03. The van der Waals surface area contributed by atoms with Crippen LogP contribution in [0.3, 0.4) is 0 Å². The van der Waals surface area contributed by atoms with E-state index in [4.69, 9.17) is 0 Å². The summed E-state index contributed by atoms with van der Waals surface area (Å²) in [6.07, 6.45) is 2.70. The van der Waals surface area contributed by atoms with E-state index < -0.39 is 11.5 Å². The van der Waals surface area contributed by atoms with E-state index in [-0.39, 0.29) is 17.0 Å². The van der Waals surface area contributed by atoms with Gasteiger partial charge in [0.25, 0.3) is 11.5 Å². The fourth-order valence-corrected chi connectivity index (χ4v) is 2.41. The number of benzene rings is 1. The highest BCUT2D eigenvalue weighted by atomic mass is 16.2. The summed E-state index contributed by atoms with van der Waals surface area (Å²) in [5.74, 6) is -0.455. The Morgan fingerprint density at radius 2 is 1.92 bits per heavy atom. The van der Waals surface area contributed by atoms with Crippen LogP contribution in [0.4, 0.5) is 16.2 Å². The molecule has 2 aromatic heterocycles. The van der Waals surface area contributed by atoms with Gasteiger partial charge in [-0.15, -0.1) is 0 Å². The lowest BCUT2D eigenvalue weighted by atomic mass is 10.1. The fourth-order valence-electron chi connectivity index (χ4n) is 2.41. The Morgan fingerprint density at radius 3 is 2.65 bits per heavy atom. The summed E-state index contributed by atoms with van der Waals surface area (Å²) in [5.41, 5.74) is 2.05. The largest absolute Gasteiger partial charge is 0.345 e. The molecule has 9 nitrogen and oxygen atoms in total. The molecule has 4 N–H and O–H groups in total. The molecule has 0 radical (unpaired) electrons. The molecule has 0 aliphatic carbocycles. The van der Waals surface area contributed by atoms with Crippen molar-refractivity contribution < 1.29 is 9.59 Å². The number of carbonyl (C=O) groups excluding carboxylic acids is 2. The molecule has 2 heterocycles. The molecule has 0 saturated carbocycles. The first-order chi connectivity index (χ1) is 12.4. The number of amides is 3. The van der Waals surface area contributed by atoms with Gasteiger partial charge in [0.05, 0.1) is 17.3 Å². The van der Waals surface area contributed by atoms with Crippen LogP contribution in [-0.2, 0) is 0 Å². The Morgan fingerprint density at radius 1 is 1.15 bits per heavy atom. The van der Waals surface area contributed by atoms with Gasteiger partial charge in [0.1, 0.15) is 5.65 Å². The molecule has 3 amide bonds. The zero-order valence-corrected chi connectivity index (χ0v) is 14.5. The Hall–Kier alpha value is -3.62. The first-order valence-corrected chi connectivity index (χ1v) is 7.82. The van der Waals surface area contributed by atoms with Crippen molar-refractivity contribution in [1.82, 2.24) is 19.9 Å². The van der Waals surface area contributed by atoms with Crippen LogP contribution >= 0.6 is 0 Å². The maximum Gasteiger partial charge on any atom is 0.321 e. The maximum atomic E-state index is 12.6. The third-order valence-corrected chi connectivity index (χ3v) is 3.86. The smallest absolute Gasteiger partial charge is 0.321 e. The van der Waals surface area contributed by atoms with Crippen LogP contribution in [0.5, 0.6) is 0 Å². The summed E-state index contributed by atoms with van der Waals surface area (Å²) in [7, 11) is 3.28. The second kappa shape index (κ2) is 6.71. The highest BCUT2D eigenvalue weighted by molar-refractivity contribution is 6.12. The highest BCUT2D eigenvalue weighted by Gasteiger charge is 2.16. The molecular weight excluding hydrogens is 336 g/mol. The summed E-state index contributed by atoms with van der Waals surface area (Å²) in [6, 6.07) is 4.89. The number of fused-ring (bicyclic) bond motifs is 1. The van der Waals surface area contributed by atoms with E-state index >= 15 is 0 Å². The van der Waals surface area contributed by atoms with Gasteiger partial charge in [0.2, 0.25) is 0 Å². The number of aryl methyl sites for hydroxylation is 1. The molecule has 0 aliphatic rings. The molecule has 26 heavy (non-hydrogen) atoms. The zero-order chi connectivity index (χ0) is 18.8. The molecule has 3 rings (SSSR count). The summed E-state index contributed by atoms with van der Waals surface area (Å²) in [5, 5.41) is 5.68. The number of H-pyrrole nitrogens is 2. The Bertz CT molecular complexity index is 1050. The number of carbonyl (C=O) groups is 2. The molecular formula is C17H18N6O3. The predicted molar refractivity (Wildman–Crippen MR) is 98.6 cm³/mol. The van der Waals surface area contributed by atoms with Crippen molar-refractivity contribution in [1.29, 1.82) is 0 Å². The van der Waals surface area contributed by atoms with E-state index in [1.165, 1.54) is 17.4 Å². The van der Waals surface area contributed by atoms with E-state index in [0.717, 1.165) is 5.56 Å². The Balaban J connectivity index is 1.87. The number of hydrogen-bond acceptors (Lipinski definition) is 4. The van der Waals surface area contributed by atoms with Crippen molar-refractivity contribution in [3.05, 3.63) is 52.2 Å².